The first kappa shape index (κ1) is 10.3. The zero-order valence-electron chi connectivity index (χ0n) is 7.04. The normalized spacial score (nSPS) is 26.5. The number of hydrogen-bond acceptors (Lipinski definition) is 3. The number of aliphatic hydroxyl groups is 1. The van der Waals surface area contributed by atoms with Crippen molar-refractivity contribution in [2.45, 2.75) is 18.4 Å². The van der Waals surface area contributed by atoms with Crippen molar-refractivity contribution in [1.29, 1.82) is 0 Å². The van der Waals surface area contributed by atoms with Crippen molar-refractivity contribution < 1.29 is 18.7 Å². The van der Waals surface area contributed by atoms with Gasteiger partial charge in [-0.25, -0.2) is 8.78 Å². The average molecular weight is 194 g/mol. The number of aliphatic hydroxyl groups excluding tert-OH is 1. The maximum atomic E-state index is 12.8. The van der Waals surface area contributed by atoms with Gasteiger partial charge in [0.05, 0.1) is 25.7 Å². The van der Waals surface area contributed by atoms with Gasteiger partial charge in [-0.05, 0) is 0 Å². The molecule has 1 fully saturated rings. The average Bonchev–Trinajstić information content (AvgIpc) is 2.39. The SMILES string of the molecule is NCC(=O)N1CC(F)(F)CC1CO. The van der Waals surface area contributed by atoms with Crippen molar-refractivity contribution in [2.75, 3.05) is 19.7 Å². The highest BCUT2D eigenvalue weighted by Gasteiger charge is 2.46. The number of alkyl halides is 2. The number of rotatable bonds is 2. The lowest BCUT2D eigenvalue weighted by Gasteiger charge is -2.21. The van der Waals surface area contributed by atoms with E-state index in [4.69, 9.17) is 10.8 Å². The predicted molar refractivity (Wildman–Crippen MR) is 41.2 cm³/mol. The van der Waals surface area contributed by atoms with Crippen LogP contribution in [0, 0.1) is 0 Å². The standard InChI is InChI=1S/C7H12F2N2O2/c8-7(9)1-5(3-12)11(4-7)6(13)2-10/h5,12H,1-4,10H2. The molecule has 6 heteroatoms. The van der Waals surface area contributed by atoms with Gasteiger partial charge in [0.15, 0.2) is 0 Å². The summed E-state index contributed by atoms with van der Waals surface area (Å²) in [6.07, 6.45) is -0.477. The number of nitrogens with two attached hydrogens (primary N) is 1. The van der Waals surface area contributed by atoms with Crippen LogP contribution in [-0.2, 0) is 4.79 Å². The summed E-state index contributed by atoms with van der Waals surface area (Å²) in [4.78, 5) is 12.0. The summed E-state index contributed by atoms with van der Waals surface area (Å²) in [5, 5.41) is 8.75. The van der Waals surface area contributed by atoms with Crippen molar-refractivity contribution in [2.24, 2.45) is 5.73 Å². The molecule has 1 aliphatic heterocycles. The van der Waals surface area contributed by atoms with Gasteiger partial charge in [0.1, 0.15) is 0 Å². The number of amides is 1. The molecule has 1 unspecified atom stereocenters. The van der Waals surface area contributed by atoms with Gasteiger partial charge in [-0.15, -0.1) is 0 Å². The lowest BCUT2D eigenvalue weighted by molar-refractivity contribution is -0.132. The number of carbonyl (C=O) groups excluding carboxylic acids is 1. The highest BCUT2D eigenvalue weighted by atomic mass is 19.3. The molecule has 1 heterocycles. The third-order valence-corrected chi connectivity index (χ3v) is 2.08. The molecule has 1 amide bonds. The Morgan fingerprint density at radius 1 is 1.69 bits per heavy atom. The molecule has 0 aromatic rings. The van der Waals surface area contributed by atoms with Gasteiger partial charge in [0.25, 0.3) is 5.92 Å². The van der Waals surface area contributed by atoms with Crippen LogP contribution in [0.2, 0.25) is 0 Å². The summed E-state index contributed by atoms with van der Waals surface area (Å²) in [5.74, 6) is -3.44. The van der Waals surface area contributed by atoms with Crippen LogP contribution in [0.5, 0.6) is 0 Å². The summed E-state index contributed by atoms with van der Waals surface area (Å²) < 4.78 is 25.6. The molecule has 76 valence electrons. The molecule has 0 aliphatic carbocycles. The molecule has 1 aliphatic rings. The molecule has 13 heavy (non-hydrogen) atoms. The third-order valence-electron chi connectivity index (χ3n) is 2.08. The van der Waals surface area contributed by atoms with Crippen LogP contribution in [-0.4, -0.2) is 47.6 Å². The second-order valence-corrected chi connectivity index (χ2v) is 3.12. The quantitative estimate of drug-likeness (QED) is 0.603. The van der Waals surface area contributed by atoms with E-state index in [1.54, 1.807) is 0 Å². The van der Waals surface area contributed by atoms with Gasteiger partial charge >= 0.3 is 0 Å². The Morgan fingerprint density at radius 3 is 2.77 bits per heavy atom. The van der Waals surface area contributed by atoms with E-state index in [9.17, 15) is 13.6 Å². The Bertz CT molecular complexity index is 211. The largest absolute Gasteiger partial charge is 0.394 e. The van der Waals surface area contributed by atoms with E-state index in [1.165, 1.54) is 0 Å². The van der Waals surface area contributed by atoms with Crippen LogP contribution in [0.1, 0.15) is 6.42 Å². The monoisotopic (exact) mass is 194 g/mol. The summed E-state index contributed by atoms with van der Waals surface area (Å²) >= 11 is 0. The van der Waals surface area contributed by atoms with Crippen molar-refractivity contribution in [3.05, 3.63) is 0 Å². The third kappa shape index (κ3) is 2.13. The lowest BCUT2D eigenvalue weighted by atomic mass is 10.2. The minimum absolute atomic E-state index is 0.299. The van der Waals surface area contributed by atoms with Gasteiger partial charge < -0.3 is 15.7 Å². The maximum Gasteiger partial charge on any atom is 0.267 e. The molecule has 0 spiro atoms. The van der Waals surface area contributed by atoms with Gasteiger partial charge in [-0.2, -0.15) is 0 Å². The van der Waals surface area contributed by atoms with E-state index in [0.717, 1.165) is 4.90 Å². The summed E-state index contributed by atoms with van der Waals surface area (Å²) in [7, 11) is 0. The molecule has 3 N–H and O–H groups in total. The minimum atomic E-state index is -2.89. The van der Waals surface area contributed by atoms with Crippen LogP contribution in [0.15, 0.2) is 0 Å². The number of likely N-dealkylation sites (tertiary alicyclic amines) is 1. The number of carbonyl (C=O) groups is 1. The fourth-order valence-corrected chi connectivity index (χ4v) is 1.47. The van der Waals surface area contributed by atoms with Gasteiger partial charge in [0, 0.05) is 6.42 Å². The van der Waals surface area contributed by atoms with Gasteiger partial charge in [-0.3, -0.25) is 4.79 Å². The number of halogens is 2. The summed E-state index contributed by atoms with van der Waals surface area (Å²) in [6.45, 7) is -1.37. The first-order chi connectivity index (χ1) is 6.00. The fraction of sp³-hybridized carbons (Fsp3) is 0.857. The first-order valence-corrected chi connectivity index (χ1v) is 3.98. The second kappa shape index (κ2) is 3.55. The molecule has 0 aromatic carbocycles. The maximum absolute atomic E-state index is 12.8. The molecule has 1 atom stereocenters. The topological polar surface area (TPSA) is 66.6 Å². The zero-order chi connectivity index (χ0) is 10.1. The number of nitrogens with zero attached hydrogens (tertiary/aromatic N) is 1. The lowest BCUT2D eigenvalue weighted by Crippen LogP contribution is -2.41. The van der Waals surface area contributed by atoms with Crippen LogP contribution in [0.4, 0.5) is 8.78 Å². The Labute approximate surface area is 74.3 Å². The van der Waals surface area contributed by atoms with E-state index in [2.05, 4.69) is 0 Å². The second-order valence-electron chi connectivity index (χ2n) is 3.12. The van der Waals surface area contributed by atoms with E-state index in [1.807, 2.05) is 0 Å². The van der Waals surface area contributed by atoms with Crippen molar-refractivity contribution in [3.63, 3.8) is 0 Å². The Hall–Kier alpha value is -0.750. The predicted octanol–water partition coefficient (Wildman–Crippen LogP) is -0.826. The molecule has 0 bridgehead atoms. The summed E-state index contributed by atoms with van der Waals surface area (Å²) in [6, 6.07) is -0.786. The smallest absolute Gasteiger partial charge is 0.267 e. The molecule has 1 saturated heterocycles. The van der Waals surface area contributed by atoms with Crippen LogP contribution >= 0.6 is 0 Å². The van der Waals surface area contributed by atoms with Gasteiger partial charge in [-0.1, -0.05) is 0 Å². The molecule has 4 nitrogen and oxygen atoms in total. The van der Waals surface area contributed by atoms with Crippen molar-refractivity contribution >= 4 is 5.91 Å². The fourth-order valence-electron chi connectivity index (χ4n) is 1.47. The molecule has 0 saturated carbocycles. The van der Waals surface area contributed by atoms with E-state index < -0.39 is 37.4 Å². The van der Waals surface area contributed by atoms with E-state index in [0.29, 0.717) is 0 Å². The number of hydrogen-bond donors (Lipinski definition) is 2. The van der Waals surface area contributed by atoms with Crippen LogP contribution < -0.4 is 5.73 Å². The molecule has 0 aromatic heterocycles. The van der Waals surface area contributed by atoms with E-state index >= 15 is 0 Å². The Kier molecular flexibility index (Phi) is 2.82. The zero-order valence-corrected chi connectivity index (χ0v) is 7.04. The van der Waals surface area contributed by atoms with Crippen molar-refractivity contribution in [1.82, 2.24) is 4.90 Å². The first-order valence-electron chi connectivity index (χ1n) is 3.98. The Balaban J connectivity index is 2.69. The van der Waals surface area contributed by atoms with Gasteiger partial charge in [0.2, 0.25) is 5.91 Å². The van der Waals surface area contributed by atoms with Crippen LogP contribution in [0.3, 0.4) is 0 Å². The molecule has 0 radical (unpaired) electrons. The highest BCUT2D eigenvalue weighted by Crippen LogP contribution is 2.31. The summed E-state index contributed by atoms with van der Waals surface area (Å²) in [5.41, 5.74) is 5.04. The van der Waals surface area contributed by atoms with Crippen LogP contribution in [0.25, 0.3) is 0 Å². The minimum Gasteiger partial charge on any atom is -0.394 e. The molecular formula is C7H12F2N2O2. The Morgan fingerprint density at radius 2 is 2.31 bits per heavy atom. The van der Waals surface area contributed by atoms with E-state index in [-0.39, 0.29) is 6.54 Å². The van der Waals surface area contributed by atoms with Crippen molar-refractivity contribution in [3.8, 4) is 0 Å². The molecular weight excluding hydrogens is 182 g/mol. The molecule has 1 rings (SSSR count). The highest BCUT2D eigenvalue weighted by molar-refractivity contribution is 5.78.